The van der Waals surface area contributed by atoms with E-state index in [-0.39, 0.29) is 18.7 Å². The summed E-state index contributed by atoms with van der Waals surface area (Å²) in [6.45, 7) is 2.19. The number of hydrogen-bond acceptors (Lipinski definition) is 3. The minimum absolute atomic E-state index is 0.162. The first kappa shape index (κ1) is 15.4. The zero-order valence-corrected chi connectivity index (χ0v) is 12.2. The number of terminal acetylenes is 1. The van der Waals surface area contributed by atoms with Crippen LogP contribution in [0.4, 0.5) is 4.79 Å². The molecular formula is C17H21NO3. The van der Waals surface area contributed by atoms with Crippen LogP contribution in [0.25, 0.3) is 0 Å². The third-order valence-electron chi connectivity index (χ3n) is 3.57. The van der Waals surface area contributed by atoms with E-state index in [4.69, 9.17) is 15.9 Å². The fourth-order valence-electron chi connectivity index (χ4n) is 2.41. The highest BCUT2D eigenvalue weighted by molar-refractivity contribution is 5.68. The standard InChI is InChI=1S/C17H21NO3/c1-2-3-11-18(16-9-12-20-13-10-16)17(19)21-14-15-7-5-4-6-8-15/h1,4-8,16H,3,9-14H2. The molecule has 21 heavy (non-hydrogen) atoms. The molecule has 1 aliphatic heterocycles. The van der Waals surface area contributed by atoms with E-state index in [1.807, 2.05) is 30.3 Å². The minimum Gasteiger partial charge on any atom is -0.445 e. The zero-order chi connectivity index (χ0) is 14.9. The lowest BCUT2D eigenvalue weighted by atomic mass is 10.1. The van der Waals surface area contributed by atoms with Crippen molar-refractivity contribution in [2.24, 2.45) is 0 Å². The summed E-state index contributed by atoms with van der Waals surface area (Å²) in [5.41, 5.74) is 0.981. The molecule has 1 aromatic rings. The molecular weight excluding hydrogens is 266 g/mol. The van der Waals surface area contributed by atoms with Gasteiger partial charge in [0.25, 0.3) is 0 Å². The van der Waals surface area contributed by atoms with Gasteiger partial charge in [-0.05, 0) is 18.4 Å². The topological polar surface area (TPSA) is 38.8 Å². The fourth-order valence-corrected chi connectivity index (χ4v) is 2.41. The quantitative estimate of drug-likeness (QED) is 0.782. The SMILES string of the molecule is C#CCCN(C(=O)OCc1ccccc1)C1CCOCC1. The lowest BCUT2D eigenvalue weighted by molar-refractivity contribution is 0.0249. The molecule has 0 radical (unpaired) electrons. The maximum Gasteiger partial charge on any atom is 0.410 e. The smallest absolute Gasteiger partial charge is 0.410 e. The molecule has 4 nitrogen and oxygen atoms in total. The number of carbonyl (C=O) groups is 1. The van der Waals surface area contributed by atoms with Crippen molar-refractivity contribution in [2.45, 2.75) is 31.9 Å². The van der Waals surface area contributed by atoms with Gasteiger partial charge in [-0.15, -0.1) is 12.3 Å². The molecule has 112 valence electrons. The molecule has 0 saturated carbocycles. The van der Waals surface area contributed by atoms with Gasteiger partial charge in [0, 0.05) is 32.2 Å². The summed E-state index contributed by atoms with van der Waals surface area (Å²) in [6, 6.07) is 9.83. The number of carbonyl (C=O) groups excluding carboxylic acids is 1. The van der Waals surface area contributed by atoms with Crippen LogP contribution < -0.4 is 0 Å². The third kappa shape index (κ3) is 4.80. The predicted molar refractivity (Wildman–Crippen MR) is 80.6 cm³/mol. The fraction of sp³-hybridized carbons (Fsp3) is 0.471. The molecule has 2 rings (SSSR count). The largest absolute Gasteiger partial charge is 0.445 e. The Kier molecular flexibility index (Phi) is 6.11. The number of nitrogens with zero attached hydrogens (tertiary/aromatic N) is 1. The molecule has 1 amide bonds. The molecule has 0 atom stereocenters. The summed E-state index contributed by atoms with van der Waals surface area (Å²) in [7, 11) is 0. The Bertz CT molecular complexity index is 475. The van der Waals surface area contributed by atoms with Crippen molar-refractivity contribution < 1.29 is 14.3 Å². The summed E-state index contributed by atoms with van der Waals surface area (Å²) < 4.78 is 10.8. The summed E-state index contributed by atoms with van der Waals surface area (Å²) in [5, 5.41) is 0. The monoisotopic (exact) mass is 287 g/mol. The Morgan fingerprint density at radius 1 is 1.33 bits per heavy atom. The number of amides is 1. The summed E-state index contributed by atoms with van der Waals surface area (Å²) in [6.07, 6.45) is 7.24. The minimum atomic E-state index is -0.291. The van der Waals surface area contributed by atoms with Crippen LogP contribution in [0.2, 0.25) is 0 Å². The molecule has 0 spiro atoms. The maximum absolute atomic E-state index is 12.3. The van der Waals surface area contributed by atoms with Crippen LogP contribution in [0.3, 0.4) is 0 Å². The Morgan fingerprint density at radius 2 is 2.05 bits per heavy atom. The number of ether oxygens (including phenoxy) is 2. The molecule has 1 aliphatic rings. The van der Waals surface area contributed by atoms with E-state index in [0.717, 1.165) is 18.4 Å². The van der Waals surface area contributed by atoms with Crippen molar-refractivity contribution in [2.75, 3.05) is 19.8 Å². The van der Waals surface area contributed by atoms with Crippen LogP contribution in [0, 0.1) is 12.3 Å². The van der Waals surface area contributed by atoms with Gasteiger partial charge in [-0.1, -0.05) is 30.3 Å². The second kappa shape index (κ2) is 8.33. The highest BCUT2D eigenvalue weighted by atomic mass is 16.6. The van der Waals surface area contributed by atoms with Crippen LogP contribution in [0.5, 0.6) is 0 Å². The molecule has 1 aromatic carbocycles. The first-order chi connectivity index (χ1) is 10.3. The van der Waals surface area contributed by atoms with Crippen molar-refractivity contribution in [3.05, 3.63) is 35.9 Å². The van der Waals surface area contributed by atoms with Crippen LogP contribution in [0.15, 0.2) is 30.3 Å². The summed E-state index contributed by atoms with van der Waals surface area (Å²) >= 11 is 0. The first-order valence-corrected chi connectivity index (χ1v) is 7.30. The second-order valence-electron chi connectivity index (χ2n) is 5.03. The van der Waals surface area contributed by atoms with Gasteiger partial charge in [0.05, 0.1) is 0 Å². The maximum atomic E-state index is 12.3. The van der Waals surface area contributed by atoms with E-state index < -0.39 is 0 Å². The molecule has 1 fully saturated rings. The molecule has 1 saturated heterocycles. The van der Waals surface area contributed by atoms with Crippen molar-refractivity contribution in [3.8, 4) is 12.3 Å². The van der Waals surface area contributed by atoms with Gasteiger partial charge in [-0.2, -0.15) is 0 Å². The third-order valence-corrected chi connectivity index (χ3v) is 3.57. The Hall–Kier alpha value is -1.99. The van der Waals surface area contributed by atoms with Gasteiger partial charge in [0.2, 0.25) is 0 Å². The predicted octanol–water partition coefficient (Wildman–Crippen LogP) is 2.83. The van der Waals surface area contributed by atoms with Gasteiger partial charge in [-0.25, -0.2) is 4.79 Å². The first-order valence-electron chi connectivity index (χ1n) is 7.30. The summed E-state index contributed by atoms with van der Waals surface area (Å²) in [5.74, 6) is 2.59. The normalized spacial score (nSPS) is 15.2. The summed E-state index contributed by atoms with van der Waals surface area (Å²) in [4.78, 5) is 14.1. The van der Waals surface area contributed by atoms with E-state index in [9.17, 15) is 4.79 Å². The average molecular weight is 287 g/mol. The zero-order valence-electron chi connectivity index (χ0n) is 12.2. The van der Waals surface area contributed by atoms with Crippen LogP contribution in [-0.2, 0) is 16.1 Å². The number of benzene rings is 1. The van der Waals surface area contributed by atoms with Crippen molar-refractivity contribution in [1.82, 2.24) is 4.90 Å². The number of hydrogen-bond donors (Lipinski definition) is 0. The van der Waals surface area contributed by atoms with E-state index in [0.29, 0.717) is 26.2 Å². The molecule has 0 N–H and O–H groups in total. The van der Waals surface area contributed by atoms with Gasteiger partial charge in [-0.3, -0.25) is 0 Å². The molecule has 0 aliphatic carbocycles. The average Bonchev–Trinajstić information content (AvgIpc) is 2.55. The van der Waals surface area contributed by atoms with E-state index >= 15 is 0 Å². The molecule has 1 heterocycles. The Labute approximate surface area is 126 Å². The van der Waals surface area contributed by atoms with E-state index in [1.165, 1.54) is 0 Å². The van der Waals surface area contributed by atoms with Gasteiger partial charge >= 0.3 is 6.09 Å². The van der Waals surface area contributed by atoms with Crippen molar-refractivity contribution in [3.63, 3.8) is 0 Å². The van der Waals surface area contributed by atoms with Gasteiger partial charge in [0.15, 0.2) is 0 Å². The second-order valence-corrected chi connectivity index (χ2v) is 5.03. The van der Waals surface area contributed by atoms with E-state index in [1.54, 1.807) is 4.90 Å². The Balaban J connectivity index is 1.91. The lowest BCUT2D eigenvalue weighted by Gasteiger charge is -2.33. The molecule has 0 aromatic heterocycles. The molecule has 0 bridgehead atoms. The highest BCUT2D eigenvalue weighted by Gasteiger charge is 2.26. The van der Waals surface area contributed by atoms with Gasteiger partial charge in [0.1, 0.15) is 6.61 Å². The Morgan fingerprint density at radius 3 is 2.71 bits per heavy atom. The van der Waals surface area contributed by atoms with Crippen LogP contribution in [0.1, 0.15) is 24.8 Å². The van der Waals surface area contributed by atoms with Crippen molar-refractivity contribution >= 4 is 6.09 Å². The number of rotatable bonds is 5. The molecule has 0 unspecified atom stereocenters. The van der Waals surface area contributed by atoms with Crippen molar-refractivity contribution in [1.29, 1.82) is 0 Å². The van der Waals surface area contributed by atoms with Crippen LogP contribution in [-0.4, -0.2) is 36.8 Å². The highest BCUT2D eigenvalue weighted by Crippen LogP contribution is 2.16. The van der Waals surface area contributed by atoms with Crippen LogP contribution >= 0.6 is 0 Å². The van der Waals surface area contributed by atoms with Gasteiger partial charge < -0.3 is 14.4 Å². The lowest BCUT2D eigenvalue weighted by Crippen LogP contribution is -2.44. The van der Waals surface area contributed by atoms with E-state index in [2.05, 4.69) is 5.92 Å². The molecule has 4 heteroatoms.